The van der Waals surface area contributed by atoms with E-state index in [4.69, 9.17) is 4.98 Å². The van der Waals surface area contributed by atoms with Gasteiger partial charge in [-0.05, 0) is 23.6 Å². The lowest BCUT2D eigenvalue weighted by Crippen LogP contribution is -2.31. The van der Waals surface area contributed by atoms with Gasteiger partial charge in [0.15, 0.2) is 0 Å². The fourth-order valence-corrected chi connectivity index (χ4v) is 4.34. The van der Waals surface area contributed by atoms with Gasteiger partial charge in [-0.3, -0.25) is 4.79 Å². The molecule has 1 N–H and O–H groups in total. The minimum atomic E-state index is -0.0223. The number of hydrazone groups is 1. The summed E-state index contributed by atoms with van der Waals surface area (Å²) < 4.78 is 1.17. The third-order valence-corrected chi connectivity index (χ3v) is 5.75. The number of amides is 1. The summed E-state index contributed by atoms with van der Waals surface area (Å²) in [5, 5.41) is 7.33. The van der Waals surface area contributed by atoms with Crippen LogP contribution in [0.25, 0.3) is 20.1 Å². The van der Waals surface area contributed by atoms with E-state index in [0.29, 0.717) is 6.42 Å². The van der Waals surface area contributed by atoms with Gasteiger partial charge in [0.2, 0.25) is 5.91 Å². The monoisotopic (exact) mass is 327 g/mol. The van der Waals surface area contributed by atoms with Crippen LogP contribution >= 0.6 is 22.7 Å². The Hall–Kier alpha value is -2.05. The van der Waals surface area contributed by atoms with Crippen LogP contribution in [0.3, 0.4) is 0 Å². The van der Waals surface area contributed by atoms with Crippen molar-refractivity contribution in [1.82, 2.24) is 10.4 Å². The van der Waals surface area contributed by atoms with E-state index < -0.39 is 0 Å². The van der Waals surface area contributed by atoms with Gasteiger partial charge in [-0.15, -0.1) is 22.7 Å². The van der Waals surface area contributed by atoms with E-state index in [-0.39, 0.29) is 11.8 Å². The Labute approximate surface area is 135 Å². The number of aromatic nitrogens is 1. The molecule has 4 nitrogen and oxygen atoms in total. The topological polar surface area (TPSA) is 54.4 Å². The predicted octanol–water partition coefficient (Wildman–Crippen LogP) is 3.88. The Bertz CT molecular complexity index is 880. The van der Waals surface area contributed by atoms with Crippen molar-refractivity contribution in [2.45, 2.75) is 13.3 Å². The van der Waals surface area contributed by atoms with Gasteiger partial charge in [-0.1, -0.05) is 19.1 Å². The van der Waals surface area contributed by atoms with Crippen molar-refractivity contribution in [3.8, 4) is 9.88 Å². The summed E-state index contributed by atoms with van der Waals surface area (Å²) in [7, 11) is 0. The SMILES string of the molecule is CC1CC(=O)NN=C1c1ccc2sc(-c3cccs3)nc2c1. The summed E-state index contributed by atoms with van der Waals surface area (Å²) in [6.07, 6.45) is 0.481. The van der Waals surface area contributed by atoms with Crippen molar-refractivity contribution >= 4 is 44.5 Å². The predicted molar refractivity (Wildman–Crippen MR) is 91.4 cm³/mol. The number of hydrogen-bond acceptors (Lipinski definition) is 5. The van der Waals surface area contributed by atoms with E-state index in [0.717, 1.165) is 21.8 Å². The molecule has 1 aliphatic heterocycles. The first-order valence-electron chi connectivity index (χ1n) is 7.02. The molecule has 0 saturated heterocycles. The molecule has 0 aliphatic carbocycles. The summed E-state index contributed by atoms with van der Waals surface area (Å²) in [6, 6.07) is 10.3. The molecule has 0 spiro atoms. The Morgan fingerprint density at radius 3 is 3.00 bits per heavy atom. The number of carbonyl (C=O) groups is 1. The Balaban J connectivity index is 1.76. The molecule has 6 heteroatoms. The zero-order valence-electron chi connectivity index (χ0n) is 11.9. The van der Waals surface area contributed by atoms with Gasteiger partial charge in [-0.25, -0.2) is 10.4 Å². The second-order valence-corrected chi connectivity index (χ2v) is 7.29. The molecule has 22 heavy (non-hydrogen) atoms. The average Bonchev–Trinajstić information content (AvgIpc) is 3.15. The third-order valence-electron chi connectivity index (χ3n) is 3.67. The number of thiophene rings is 1. The van der Waals surface area contributed by atoms with Gasteiger partial charge < -0.3 is 0 Å². The lowest BCUT2D eigenvalue weighted by atomic mass is 9.94. The molecule has 3 heterocycles. The summed E-state index contributed by atoms with van der Waals surface area (Å²) >= 11 is 3.40. The Morgan fingerprint density at radius 2 is 2.23 bits per heavy atom. The summed E-state index contributed by atoms with van der Waals surface area (Å²) in [4.78, 5) is 17.3. The molecular weight excluding hydrogens is 314 g/mol. The van der Waals surface area contributed by atoms with Gasteiger partial charge in [0, 0.05) is 17.9 Å². The smallest absolute Gasteiger partial charge is 0.240 e. The number of carbonyl (C=O) groups excluding carboxylic acids is 1. The number of rotatable bonds is 2. The lowest BCUT2D eigenvalue weighted by molar-refractivity contribution is -0.121. The van der Waals surface area contributed by atoms with Crippen LogP contribution in [0.1, 0.15) is 18.9 Å². The van der Waals surface area contributed by atoms with E-state index in [1.807, 2.05) is 13.0 Å². The van der Waals surface area contributed by atoms with Crippen LogP contribution in [-0.2, 0) is 4.79 Å². The molecular formula is C16H13N3OS2. The van der Waals surface area contributed by atoms with Crippen molar-refractivity contribution in [2.75, 3.05) is 0 Å². The molecule has 0 radical (unpaired) electrons. The molecule has 0 fully saturated rings. The van der Waals surface area contributed by atoms with Gasteiger partial charge >= 0.3 is 0 Å². The molecule has 2 aromatic heterocycles. The standard InChI is InChI=1S/C16H13N3OS2/c1-9-7-14(20)18-19-15(9)10-4-5-12-11(8-10)17-16(22-12)13-3-2-6-21-13/h2-6,8-9H,7H2,1H3,(H,18,20). The highest BCUT2D eigenvalue weighted by molar-refractivity contribution is 7.25. The van der Waals surface area contributed by atoms with Crippen LogP contribution in [0.4, 0.5) is 0 Å². The minimum absolute atomic E-state index is 0.0223. The van der Waals surface area contributed by atoms with Gasteiger partial charge in [0.05, 0.1) is 20.8 Å². The first kappa shape index (κ1) is 13.6. The quantitative estimate of drug-likeness (QED) is 0.776. The van der Waals surface area contributed by atoms with Crippen molar-refractivity contribution < 1.29 is 4.79 Å². The highest BCUT2D eigenvalue weighted by atomic mass is 32.1. The maximum atomic E-state index is 11.4. The number of thiazole rings is 1. The summed E-state index contributed by atoms with van der Waals surface area (Å²) in [5.41, 5.74) is 5.51. The third kappa shape index (κ3) is 2.34. The van der Waals surface area contributed by atoms with Crippen LogP contribution in [0.2, 0.25) is 0 Å². The normalized spacial score (nSPS) is 18.3. The van der Waals surface area contributed by atoms with Crippen molar-refractivity contribution in [1.29, 1.82) is 0 Å². The molecule has 0 bridgehead atoms. The zero-order chi connectivity index (χ0) is 15.1. The maximum absolute atomic E-state index is 11.4. The highest BCUT2D eigenvalue weighted by Gasteiger charge is 2.22. The molecule has 4 rings (SSSR count). The second kappa shape index (κ2) is 5.30. The van der Waals surface area contributed by atoms with Crippen molar-refractivity contribution in [3.63, 3.8) is 0 Å². The number of nitrogens with one attached hydrogen (secondary N) is 1. The number of fused-ring (bicyclic) bond motifs is 1. The van der Waals surface area contributed by atoms with Crippen LogP contribution in [0, 0.1) is 5.92 Å². The summed E-state index contributed by atoms with van der Waals surface area (Å²) in [6.45, 7) is 2.03. The van der Waals surface area contributed by atoms with Gasteiger partial charge in [0.1, 0.15) is 5.01 Å². The molecule has 3 aromatic rings. The van der Waals surface area contributed by atoms with Crippen LogP contribution in [-0.4, -0.2) is 16.6 Å². The van der Waals surface area contributed by atoms with E-state index in [9.17, 15) is 4.79 Å². The zero-order valence-corrected chi connectivity index (χ0v) is 13.5. The molecule has 1 amide bonds. The molecule has 1 aromatic carbocycles. The Kier molecular flexibility index (Phi) is 3.28. The first-order chi connectivity index (χ1) is 10.7. The van der Waals surface area contributed by atoms with Crippen molar-refractivity contribution in [2.24, 2.45) is 11.0 Å². The van der Waals surface area contributed by atoms with Gasteiger partial charge in [-0.2, -0.15) is 5.10 Å². The second-order valence-electron chi connectivity index (χ2n) is 5.32. The van der Waals surface area contributed by atoms with E-state index >= 15 is 0 Å². The van der Waals surface area contributed by atoms with E-state index in [1.165, 1.54) is 9.58 Å². The lowest BCUT2D eigenvalue weighted by Gasteiger charge is -2.18. The number of hydrogen-bond donors (Lipinski definition) is 1. The fraction of sp³-hybridized carbons (Fsp3) is 0.188. The van der Waals surface area contributed by atoms with Crippen LogP contribution < -0.4 is 5.43 Å². The molecule has 1 aliphatic rings. The molecule has 110 valence electrons. The molecule has 1 atom stereocenters. The highest BCUT2D eigenvalue weighted by Crippen LogP contribution is 2.33. The van der Waals surface area contributed by atoms with Crippen LogP contribution in [0.15, 0.2) is 40.8 Å². The number of benzene rings is 1. The van der Waals surface area contributed by atoms with Gasteiger partial charge in [0.25, 0.3) is 0 Å². The fourth-order valence-electron chi connectivity index (χ4n) is 2.59. The molecule has 0 saturated carbocycles. The summed E-state index contributed by atoms with van der Waals surface area (Å²) in [5.74, 6) is 0.104. The molecule has 1 unspecified atom stereocenters. The first-order valence-corrected chi connectivity index (χ1v) is 8.71. The average molecular weight is 327 g/mol. The Morgan fingerprint density at radius 1 is 1.32 bits per heavy atom. The van der Waals surface area contributed by atoms with Crippen molar-refractivity contribution in [3.05, 3.63) is 41.3 Å². The van der Waals surface area contributed by atoms with Crippen LogP contribution in [0.5, 0.6) is 0 Å². The van der Waals surface area contributed by atoms with E-state index in [2.05, 4.69) is 40.2 Å². The van der Waals surface area contributed by atoms with E-state index in [1.54, 1.807) is 22.7 Å². The maximum Gasteiger partial charge on any atom is 0.240 e. The number of nitrogens with zero attached hydrogens (tertiary/aromatic N) is 2. The largest absolute Gasteiger partial charge is 0.273 e. The minimum Gasteiger partial charge on any atom is -0.273 e.